The lowest BCUT2D eigenvalue weighted by Crippen LogP contribution is -2.41. The maximum absolute atomic E-state index is 11.7. The Labute approximate surface area is 118 Å². The summed E-state index contributed by atoms with van der Waals surface area (Å²) in [5.41, 5.74) is 0. The lowest BCUT2D eigenvalue weighted by molar-refractivity contribution is -0.121. The molecule has 4 heteroatoms. The smallest absolute Gasteiger partial charge is 0.221 e. The number of carbonyl (C=O) groups excluding carboxylic acids is 1. The second-order valence-electron chi connectivity index (χ2n) is 6.42. The predicted octanol–water partition coefficient (Wildman–Crippen LogP) is 1.61. The van der Waals surface area contributed by atoms with Crippen molar-refractivity contribution in [2.24, 2.45) is 5.92 Å². The lowest BCUT2D eigenvalue weighted by atomic mass is 10.1. The number of carbonyl (C=O) groups is 1. The van der Waals surface area contributed by atoms with Crippen molar-refractivity contribution in [1.82, 2.24) is 15.5 Å². The topological polar surface area (TPSA) is 44.4 Å². The molecule has 19 heavy (non-hydrogen) atoms. The van der Waals surface area contributed by atoms with E-state index in [0.717, 1.165) is 26.2 Å². The zero-order chi connectivity index (χ0) is 14.3. The Kier molecular flexibility index (Phi) is 7.39. The molecular weight excluding hydrogens is 238 g/mol. The third-order valence-corrected chi connectivity index (χ3v) is 3.37. The first-order chi connectivity index (χ1) is 8.97. The highest BCUT2D eigenvalue weighted by molar-refractivity contribution is 5.76. The molecule has 1 atom stereocenters. The summed E-state index contributed by atoms with van der Waals surface area (Å²) in [4.78, 5) is 14.2. The molecule has 1 aliphatic heterocycles. The molecule has 1 saturated heterocycles. The van der Waals surface area contributed by atoms with Crippen LogP contribution in [0.3, 0.4) is 0 Å². The summed E-state index contributed by atoms with van der Waals surface area (Å²) in [7, 11) is 0. The summed E-state index contributed by atoms with van der Waals surface area (Å²) < 4.78 is 0. The number of nitrogens with zero attached hydrogens (tertiary/aromatic N) is 1. The van der Waals surface area contributed by atoms with Gasteiger partial charge in [-0.05, 0) is 39.2 Å². The molecular formula is C15H31N3O. The minimum atomic E-state index is 0.170. The van der Waals surface area contributed by atoms with Crippen LogP contribution in [0, 0.1) is 5.92 Å². The zero-order valence-electron chi connectivity index (χ0n) is 13.0. The van der Waals surface area contributed by atoms with Gasteiger partial charge in [0.1, 0.15) is 0 Å². The van der Waals surface area contributed by atoms with E-state index in [1.165, 1.54) is 12.8 Å². The first kappa shape index (κ1) is 16.4. The van der Waals surface area contributed by atoms with E-state index in [4.69, 9.17) is 0 Å². The molecule has 2 N–H and O–H groups in total. The van der Waals surface area contributed by atoms with Crippen molar-refractivity contribution in [2.75, 3.05) is 26.2 Å². The number of hydrogen-bond acceptors (Lipinski definition) is 3. The SMILES string of the molecule is CC(C)CN(CCC(=O)NC(C)C)CC1CCCN1. The summed E-state index contributed by atoms with van der Waals surface area (Å²) in [6.45, 7) is 12.7. The minimum absolute atomic E-state index is 0.170. The summed E-state index contributed by atoms with van der Waals surface area (Å²) in [5, 5.41) is 6.50. The number of nitrogens with one attached hydrogen (secondary N) is 2. The summed E-state index contributed by atoms with van der Waals surface area (Å²) in [6, 6.07) is 0.856. The van der Waals surface area contributed by atoms with Crippen LogP contribution < -0.4 is 10.6 Å². The van der Waals surface area contributed by atoms with Crippen molar-refractivity contribution in [1.29, 1.82) is 0 Å². The van der Waals surface area contributed by atoms with Gasteiger partial charge in [0.2, 0.25) is 5.91 Å². The van der Waals surface area contributed by atoms with Gasteiger partial charge >= 0.3 is 0 Å². The molecule has 0 radical (unpaired) electrons. The lowest BCUT2D eigenvalue weighted by Gasteiger charge is -2.27. The van der Waals surface area contributed by atoms with Crippen LogP contribution in [0.5, 0.6) is 0 Å². The van der Waals surface area contributed by atoms with Crippen molar-refractivity contribution < 1.29 is 4.79 Å². The van der Waals surface area contributed by atoms with Gasteiger partial charge in [-0.25, -0.2) is 0 Å². The molecule has 1 heterocycles. The molecule has 1 aliphatic rings. The average molecular weight is 269 g/mol. The first-order valence-corrected chi connectivity index (χ1v) is 7.72. The van der Waals surface area contributed by atoms with Crippen molar-refractivity contribution >= 4 is 5.91 Å². The molecule has 1 unspecified atom stereocenters. The van der Waals surface area contributed by atoms with Crippen molar-refractivity contribution in [3.63, 3.8) is 0 Å². The molecule has 1 fully saturated rings. The fourth-order valence-corrected chi connectivity index (χ4v) is 2.65. The summed E-state index contributed by atoms with van der Waals surface area (Å²) in [5.74, 6) is 0.817. The van der Waals surface area contributed by atoms with E-state index >= 15 is 0 Å². The molecule has 1 rings (SSSR count). The van der Waals surface area contributed by atoms with Crippen molar-refractivity contribution in [3.05, 3.63) is 0 Å². The zero-order valence-corrected chi connectivity index (χ0v) is 13.0. The monoisotopic (exact) mass is 269 g/mol. The van der Waals surface area contributed by atoms with E-state index in [1.807, 2.05) is 13.8 Å². The highest BCUT2D eigenvalue weighted by atomic mass is 16.1. The van der Waals surface area contributed by atoms with Gasteiger partial charge in [0.05, 0.1) is 0 Å². The molecule has 1 amide bonds. The van der Waals surface area contributed by atoms with Crippen LogP contribution in [-0.4, -0.2) is 49.1 Å². The molecule has 0 spiro atoms. The van der Waals surface area contributed by atoms with Crippen molar-refractivity contribution in [3.8, 4) is 0 Å². The standard InChI is InChI=1S/C15H31N3O/c1-12(2)10-18(11-14-6-5-8-16-14)9-7-15(19)17-13(3)4/h12-14,16H,5-11H2,1-4H3,(H,17,19). The predicted molar refractivity (Wildman–Crippen MR) is 80.2 cm³/mol. The van der Waals surface area contributed by atoms with Gasteiger partial charge in [-0.1, -0.05) is 13.8 Å². The quantitative estimate of drug-likeness (QED) is 0.704. The van der Waals surface area contributed by atoms with E-state index in [1.54, 1.807) is 0 Å². The van der Waals surface area contributed by atoms with Gasteiger partial charge in [0.25, 0.3) is 0 Å². The molecule has 0 aromatic rings. The van der Waals surface area contributed by atoms with Crippen LogP contribution >= 0.6 is 0 Å². The maximum atomic E-state index is 11.7. The van der Waals surface area contributed by atoms with E-state index in [-0.39, 0.29) is 11.9 Å². The Bertz CT molecular complexity index is 260. The van der Waals surface area contributed by atoms with Crippen LogP contribution in [0.25, 0.3) is 0 Å². The van der Waals surface area contributed by atoms with Crippen LogP contribution in [0.1, 0.15) is 47.0 Å². The van der Waals surface area contributed by atoms with Gasteiger partial charge in [0, 0.05) is 38.1 Å². The van der Waals surface area contributed by atoms with E-state index in [2.05, 4.69) is 29.4 Å². The average Bonchev–Trinajstić information content (AvgIpc) is 2.77. The van der Waals surface area contributed by atoms with Crippen LogP contribution in [0.4, 0.5) is 0 Å². The summed E-state index contributed by atoms with van der Waals surface area (Å²) in [6.07, 6.45) is 3.17. The molecule has 4 nitrogen and oxygen atoms in total. The highest BCUT2D eigenvalue weighted by Crippen LogP contribution is 2.09. The Balaban J connectivity index is 2.33. The van der Waals surface area contributed by atoms with Crippen LogP contribution in [-0.2, 0) is 4.79 Å². The number of rotatable bonds is 8. The second-order valence-corrected chi connectivity index (χ2v) is 6.42. The van der Waals surface area contributed by atoms with E-state index in [0.29, 0.717) is 18.4 Å². The second kappa shape index (κ2) is 8.54. The van der Waals surface area contributed by atoms with Crippen LogP contribution in [0.15, 0.2) is 0 Å². The number of hydrogen-bond donors (Lipinski definition) is 2. The molecule has 0 saturated carbocycles. The minimum Gasteiger partial charge on any atom is -0.354 e. The molecule has 112 valence electrons. The third-order valence-electron chi connectivity index (χ3n) is 3.37. The Morgan fingerprint density at radius 2 is 2.11 bits per heavy atom. The Hall–Kier alpha value is -0.610. The third kappa shape index (κ3) is 7.53. The molecule has 0 bridgehead atoms. The van der Waals surface area contributed by atoms with E-state index in [9.17, 15) is 4.79 Å². The molecule has 0 aromatic carbocycles. The summed E-state index contributed by atoms with van der Waals surface area (Å²) >= 11 is 0. The Morgan fingerprint density at radius 1 is 1.37 bits per heavy atom. The number of amides is 1. The molecule has 0 aliphatic carbocycles. The van der Waals surface area contributed by atoms with Crippen molar-refractivity contribution in [2.45, 2.75) is 59.0 Å². The fraction of sp³-hybridized carbons (Fsp3) is 0.933. The van der Waals surface area contributed by atoms with Gasteiger partial charge in [-0.15, -0.1) is 0 Å². The molecule has 0 aromatic heterocycles. The largest absolute Gasteiger partial charge is 0.354 e. The Morgan fingerprint density at radius 3 is 2.63 bits per heavy atom. The maximum Gasteiger partial charge on any atom is 0.221 e. The highest BCUT2D eigenvalue weighted by Gasteiger charge is 2.19. The van der Waals surface area contributed by atoms with E-state index < -0.39 is 0 Å². The van der Waals surface area contributed by atoms with Gasteiger partial charge < -0.3 is 15.5 Å². The van der Waals surface area contributed by atoms with Gasteiger partial charge in [-0.3, -0.25) is 4.79 Å². The van der Waals surface area contributed by atoms with Gasteiger partial charge in [-0.2, -0.15) is 0 Å². The van der Waals surface area contributed by atoms with Crippen LogP contribution in [0.2, 0.25) is 0 Å². The van der Waals surface area contributed by atoms with Gasteiger partial charge in [0.15, 0.2) is 0 Å². The normalized spacial score (nSPS) is 19.6. The first-order valence-electron chi connectivity index (χ1n) is 7.72. The fourth-order valence-electron chi connectivity index (χ4n) is 2.65.